The Kier molecular flexibility index (Phi) is 4.28. The van der Waals surface area contributed by atoms with Gasteiger partial charge in [0.1, 0.15) is 11.5 Å². The van der Waals surface area contributed by atoms with E-state index in [4.69, 9.17) is 0 Å². The van der Waals surface area contributed by atoms with Crippen molar-refractivity contribution in [3.8, 4) is 0 Å². The fraction of sp³-hybridized carbons (Fsp3) is 0.389. The lowest BCUT2D eigenvalue weighted by molar-refractivity contribution is 0.0976. The maximum Gasteiger partial charge on any atom is 0.278 e. The zero-order valence-corrected chi connectivity index (χ0v) is 13.8. The zero-order valence-electron chi connectivity index (χ0n) is 13.8. The molecule has 23 heavy (non-hydrogen) atoms. The number of carbonyl (C=O) groups excluding carboxylic acids is 1. The molecule has 1 aromatic heterocycles. The standard InChI is InChI=1S/C18H22N4O/c1-4-12(2)21-17-11-19-15(10-20-17)18(23)22-13(3)9-14-7-5-6-8-16(14)22/h5-8,10-13H,4,9H2,1-3H3,(H,20,21). The molecule has 0 spiro atoms. The van der Waals surface area contributed by atoms with Gasteiger partial charge < -0.3 is 10.2 Å². The molecule has 5 heteroatoms. The van der Waals surface area contributed by atoms with Crippen molar-refractivity contribution in [3.05, 3.63) is 47.9 Å². The summed E-state index contributed by atoms with van der Waals surface area (Å²) in [6.45, 7) is 6.25. The minimum atomic E-state index is -0.0926. The fourth-order valence-corrected chi connectivity index (χ4v) is 2.87. The second-order valence-electron chi connectivity index (χ2n) is 6.10. The van der Waals surface area contributed by atoms with Crippen LogP contribution in [-0.2, 0) is 6.42 Å². The predicted molar refractivity (Wildman–Crippen MR) is 91.8 cm³/mol. The van der Waals surface area contributed by atoms with Crippen LogP contribution in [0.5, 0.6) is 0 Å². The molecule has 120 valence electrons. The summed E-state index contributed by atoms with van der Waals surface area (Å²) in [6.07, 6.45) is 5.07. The molecule has 1 aliphatic heterocycles. The number of fused-ring (bicyclic) bond motifs is 1. The number of nitrogens with one attached hydrogen (secondary N) is 1. The molecule has 2 heterocycles. The maximum absolute atomic E-state index is 12.8. The van der Waals surface area contributed by atoms with Gasteiger partial charge >= 0.3 is 0 Å². The van der Waals surface area contributed by atoms with Gasteiger partial charge in [-0.3, -0.25) is 4.79 Å². The van der Waals surface area contributed by atoms with Crippen LogP contribution in [0.4, 0.5) is 11.5 Å². The molecular weight excluding hydrogens is 288 g/mol. The lowest BCUT2D eigenvalue weighted by Gasteiger charge is -2.22. The molecule has 1 N–H and O–H groups in total. The molecule has 0 bridgehead atoms. The highest BCUT2D eigenvalue weighted by atomic mass is 16.2. The SMILES string of the molecule is CCC(C)Nc1cnc(C(=O)N2c3ccccc3CC2C)cn1. The Hall–Kier alpha value is -2.43. The minimum Gasteiger partial charge on any atom is -0.366 e. The van der Waals surface area contributed by atoms with E-state index in [0.29, 0.717) is 17.6 Å². The molecule has 0 saturated carbocycles. The van der Waals surface area contributed by atoms with Gasteiger partial charge in [-0.15, -0.1) is 0 Å². The second kappa shape index (κ2) is 6.36. The van der Waals surface area contributed by atoms with Gasteiger partial charge in [0.15, 0.2) is 0 Å². The predicted octanol–water partition coefficient (Wildman–Crippen LogP) is 3.28. The van der Waals surface area contributed by atoms with E-state index in [9.17, 15) is 4.79 Å². The van der Waals surface area contributed by atoms with E-state index in [0.717, 1.165) is 18.5 Å². The lowest BCUT2D eigenvalue weighted by Crippen LogP contribution is -2.36. The second-order valence-corrected chi connectivity index (χ2v) is 6.10. The Bertz CT molecular complexity index is 698. The van der Waals surface area contributed by atoms with Crippen LogP contribution >= 0.6 is 0 Å². The summed E-state index contributed by atoms with van der Waals surface area (Å²) in [5, 5.41) is 3.25. The van der Waals surface area contributed by atoms with Gasteiger partial charge in [0.25, 0.3) is 5.91 Å². The molecule has 2 atom stereocenters. The van der Waals surface area contributed by atoms with Crippen LogP contribution in [-0.4, -0.2) is 28.0 Å². The molecule has 1 amide bonds. The molecule has 2 unspecified atom stereocenters. The third-order valence-corrected chi connectivity index (χ3v) is 4.30. The molecule has 5 nitrogen and oxygen atoms in total. The summed E-state index contributed by atoms with van der Waals surface area (Å²) < 4.78 is 0. The van der Waals surface area contributed by atoms with E-state index < -0.39 is 0 Å². The Labute approximate surface area is 136 Å². The normalized spacial score (nSPS) is 17.7. The molecule has 1 aromatic carbocycles. The summed E-state index contributed by atoms with van der Waals surface area (Å²) in [5.74, 6) is 0.607. The molecule has 0 fully saturated rings. The number of para-hydroxylation sites is 1. The molecular formula is C18H22N4O. The van der Waals surface area contributed by atoms with Crippen molar-refractivity contribution >= 4 is 17.4 Å². The Morgan fingerprint density at radius 3 is 2.83 bits per heavy atom. The first-order chi connectivity index (χ1) is 11.1. The van der Waals surface area contributed by atoms with Crippen LogP contribution in [0.25, 0.3) is 0 Å². The average Bonchev–Trinajstić information content (AvgIpc) is 2.90. The van der Waals surface area contributed by atoms with Gasteiger partial charge in [0.2, 0.25) is 0 Å². The summed E-state index contributed by atoms with van der Waals surface area (Å²) in [6, 6.07) is 8.50. The Morgan fingerprint density at radius 1 is 1.35 bits per heavy atom. The van der Waals surface area contributed by atoms with Crippen LogP contribution in [0.1, 0.15) is 43.2 Å². The molecule has 1 aliphatic rings. The summed E-state index contributed by atoms with van der Waals surface area (Å²) in [5.41, 5.74) is 2.56. The van der Waals surface area contributed by atoms with Gasteiger partial charge in [-0.2, -0.15) is 0 Å². The van der Waals surface area contributed by atoms with Crippen molar-refractivity contribution in [2.75, 3.05) is 10.2 Å². The summed E-state index contributed by atoms with van der Waals surface area (Å²) >= 11 is 0. The third kappa shape index (κ3) is 3.04. The Morgan fingerprint density at radius 2 is 2.13 bits per heavy atom. The van der Waals surface area contributed by atoms with Crippen molar-refractivity contribution < 1.29 is 4.79 Å². The number of carbonyl (C=O) groups is 1. The number of hydrogen-bond acceptors (Lipinski definition) is 4. The average molecular weight is 310 g/mol. The van der Waals surface area contributed by atoms with Gasteiger partial charge in [-0.1, -0.05) is 25.1 Å². The number of amides is 1. The van der Waals surface area contributed by atoms with Crippen molar-refractivity contribution in [1.82, 2.24) is 9.97 Å². The smallest absolute Gasteiger partial charge is 0.278 e. The van der Waals surface area contributed by atoms with E-state index in [1.165, 1.54) is 5.56 Å². The first kappa shape index (κ1) is 15.5. The highest BCUT2D eigenvalue weighted by molar-refractivity contribution is 6.06. The minimum absolute atomic E-state index is 0.0926. The monoisotopic (exact) mass is 310 g/mol. The third-order valence-electron chi connectivity index (χ3n) is 4.30. The van der Waals surface area contributed by atoms with E-state index in [2.05, 4.69) is 42.1 Å². The van der Waals surface area contributed by atoms with Gasteiger partial charge in [0.05, 0.1) is 12.4 Å². The Balaban J connectivity index is 1.81. The quantitative estimate of drug-likeness (QED) is 0.941. The number of rotatable bonds is 4. The topological polar surface area (TPSA) is 58.1 Å². The highest BCUT2D eigenvalue weighted by Crippen LogP contribution is 2.32. The van der Waals surface area contributed by atoms with E-state index in [-0.39, 0.29) is 11.9 Å². The number of aromatic nitrogens is 2. The summed E-state index contributed by atoms with van der Waals surface area (Å²) in [7, 11) is 0. The van der Waals surface area contributed by atoms with Crippen LogP contribution in [0.3, 0.4) is 0 Å². The largest absolute Gasteiger partial charge is 0.366 e. The number of nitrogens with zero attached hydrogens (tertiary/aromatic N) is 3. The highest BCUT2D eigenvalue weighted by Gasteiger charge is 2.31. The van der Waals surface area contributed by atoms with Crippen molar-refractivity contribution in [2.45, 2.75) is 45.7 Å². The van der Waals surface area contributed by atoms with Gasteiger partial charge in [-0.25, -0.2) is 9.97 Å². The number of benzene rings is 1. The molecule has 0 saturated heterocycles. The fourth-order valence-electron chi connectivity index (χ4n) is 2.87. The zero-order chi connectivity index (χ0) is 16.4. The molecule has 0 aliphatic carbocycles. The first-order valence-electron chi connectivity index (χ1n) is 8.10. The van der Waals surface area contributed by atoms with Gasteiger partial charge in [0, 0.05) is 17.8 Å². The molecule has 0 radical (unpaired) electrons. The van der Waals surface area contributed by atoms with Crippen LogP contribution in [0.2, 0.25) is 0 Å². The first-order valence-corrected chi connectivity index (χ1v) is 8.10. The van der Waals surface area contributed by atoms with Gasteiger partial charge in [-0.05, 0) is 38.3 Å². The maximum atomic E-state index is 12.8. The van der Waals surface area contributed by atoms with E-state index in [1.54, 1.807) is 12.4 Å². The van der Waals surface area contributed by atoms with Crippen molar-refractivity contribution in [1.29, 1.82) is 0 Å². The number of hydrogen-bond donors (Lipinski definition) is 1. The van der Waals surface area contributed by atoms with E-state index in [1.807, 2.05) is 23.1 Å². The van der Waals surface area contributed by atoms with Crippen LogP contribution in [0.15, 0.2) is 36.7 Å². The lowest BCUT2D eigenvalue weighted by atomic mass is 10.1. The molecule has 2 aromatic rings. The van der Waals surface area contributed by atoms with Crippen LogP contribution < -0.4 is 10.2 Å². The van der Waals surface area contributed by atoms with Crippen molar-refractivity contribution in [2.24, 2.45) is 0 Å². The number of anilines is 2. The van der Waals surface area contributed by atoms with Crippen LogP contribution in [0, 0.1) is 0 Å². The molecule has 3 rings (SSSR count). The summed E-state index contributed by atoms with van der Waals surface area (Å²) in [4.78, 5) is 23.3. The van der Waals surface area contributed by atoms with Crippen molar-refractivity contribution in [3.63, 3.8) is 0 Å². The van der Waals surface area contributed by atoms with E-state index >= 15 is 0 Å².